The maximum Gasteiger partial charge on any atom is 0.328 e. The number of hydrogen-bond donors (Lipinski definition) is 0. The highest BCUT2D eigenvalue weighted by Gasteiger charge is 2.54. The average Bonchev–Trinajstić information content (AvgIpc) is 3.18. The van der Waals surface area contributed by atoms with Crippen molar-refractivity contribution in [2.24, 2.45) is 10.9 Å². The molecule has 144 valence electrons. The molecule has 1 aromatic rings. The lowest BCUT2D eigenvalue weighted by Gasteiger charge is -2.40. The number of imide groups is 1. The largest absolute Gasteiger partial charge is 0.328 e. The fourth-order valence-corrected chi connectivity index (χ4v) is 4.07. The lowest BCUT2D eigenvalue weighted by molar-refractivity contribution is -0.137. The van der Waals surface area contributed by atoms with Gasteiger partial charge < -0.3 is 14.7 Å². The zero-order valence-corrected chi connectivity index (χ0v) is 16.4. The van der Waals surface area contributed by atoms with Gasteiger partial charge in [0.15, 0.2) is 12.2 Å². The molecule has 0 N–H and O–H groups in total. The summed E-state index contributed by atoms with van der Waals surface area (Å²) < 4.78 is 0. The monoisotopic (exact) mass is 369 g/mol. The second kappa shape index (κ2) is 6.55. The minimum atomic E-state index is -0.442. The predicted octanol–water partition coefficient (Wildman–Crippen LogP) is 2.12. The topological polar surface area (TPSA) is 59.5 Å². The van der Waals surface area contributed by atoms with E-state index in [-0.39, 0.29) is 11.9 Å². The number of amides is 3. The molecular weight excluding hydrogens is 342 g/mol. The van der Waals surface area contributed by atoms with Crippen LogP contribution in [-0.2, 0) is 4.79 Å². The summed E-state index contributed by atoms with van der Waals surface area (Å²) in [7, 11) is 1.75. The first kappa shape index (κ1) is 17.8. The summed E-state index contributed by atoms with van der Waals surface area (Å²) in [6.07, 6.45) is 0.370. The number of fused-ring (bicyclic) bond motifs is 3. The molecule has 0 bridgehead atoms. The zero-order chi connectivity index (χ0) is 19.3. The van der Waals surface area contributed by atoms with Crippen molar-refractivity contribution in [1.82, 2.24) is 14.7 Å². The number of likely N-dealkylation sites (N-methyl/N-ethyl adjacent to an activating group) is 1. The van der Waals surface area contributed by atoms with Crippen LogP contribution in [0.25, 0.3) is 0 Å². The third kappa shape index (κ3) is 2.85. The Morgan fingerprint density at radius 1 is 1.22 bits per heavy atom. The van der Waals surface area contributed by atoms with Crippen LogP contribution in [0, 0.1) is 12.8 Å². The van der Waals surface area contributed by atoms with Crippen molar-refractivity contribution < 1.29 is 9.59 Å². The van der Waals surface area contributed by atoms with Gasteiger partial charge in [-0.25, -0.2) is 9.79 Å². The second-order valence-corrected chi connectivity index (χ2v) is 8.04. The van der Waals surface area contributed by atoms with Crippen LogP contribution in [0.15, 0.2) is 29.3 Å². The van der Waals surface area contributed by atoms with Crippen LogP contribution >= 0.6 is 0 Å². The summed E-state index contributed by atoms with van der Waals surface area (Å²) in [6, 6.07) is 7.63. The highest BCUT2D eigenvalue weighted by atomic mass is 16.2. The van der Waals surface area contributed by atoms with E-state index in [9.17, 15) is 9.59 Å². The summed E-state index contributed by atoms with van der Waals surface area (Å²) in [4.78, 5) is 37.9. The first-order chi connectivity index (χ1) is 12.9. The molecule has 1 aromatic carbocycles. The Morgan fingerprint density at radius 2 is 2.00 bits per heavy atom. The quantitative estimate of drug-likeness (QED) is 0.816. The Balaban J connectivity index is 1.62. The molecule has 2 atom stereocenters. The molecule has 2 saturated heterocycles. The summed E-state index contributed by atoms with van der Waals surface area (Å²) in [5.41, 5.74) is 2.26. The highest BCUT2D eigenvalue weighted by Crippen LogP contribution is 2.33. The lowest BCUT2D eigenvalue weighted by Crippen LogP contribution is -2.64. The van der Waals surface area contributed by atoms with Gasteiger partial charge in [-0.1, -0.05) is 26.0 Å². The van der Waals surface area contributed by atoms with Crippen LogP contribution in [0.3, 0.4) is 0 Å². The summed E-state index contributed by atoms with van der Waals surface area (Å²) in [5.74, 6) is 1.12. The third-order valence-corrected chi connectivity index (χ3v) is 5.62. The molecule has 2 unspecified atom stereocenters. The van der Waals surface area contributed by atoms with Crippen molar-refractivity contribution >= 4 is 23.6 Å². The van der Waals surface area contributed by atoms with Gasteiger partial charge in [-0.3, -0.25) is 9.69 Å². The standard InChI is InChI=1S/C20H27N5O2/c1-13(2)8-9-25-18(26)16-17(22(4)20(25)27)21-19-23(10-11-24(16)19)15-7-5-6-14(3)12-15/h5-7,12-13,16-17H,8-11H2,1-4H3. The van der Waals surface area contributed by atoms with Gasteiger partial charge in [0.2, 0.25) is 5.96 Å². The van der Waals surface area contributed by atoms with E-state index >= 15 is 0 Å². The zero-order valence-electron chi connectivity index (χ0n) is 16.4. The van der Waals surface area contributed by atoms with Crippen molar-refractivity contribution in [3.8, 4) is 0 Å². The normalized spacial score (nSPS) is 24.7. The van der Waals surface area contributed by atoms with E-state index in [1.165, 1.54) is 10.5 Å². The molecule has 2 fully saturated rings. The Bertz CT molecular complexity index is 805. The van der Waals surface area contributed by atoms with Gasteiger partial charge >= 0.3 is 6.03 Å². The lowest BCUT2D eigenvalue weighted by atomic mass is 10.1. The molecular formula is C20H27N5O2. The molecule has 3 aliphatic rings. The molecule has 4 rings (SSSR count). The Kier molecular flexibility index (Phi) is 4.32. The molecule has 0 aliphatic carbocycles. The van der Waals surface area contributed by atoms with Crippen LogP contribution < -0.4 is 4.90 Å². The third-order valence-electron chi connectivity index (χ3n) is 5.62. The minimum absolute atomic E-state index is 0.117. The second-order valence-electron chi connectivity index (χ2n) is 8.04. The van der Waals surface area contributed by atoms with E-state index < -0.39 is 12.2 Å². The number of rotatable bonds is 4. The van der Waals surface area contributed by atoms with Crippen LogP contribution in [0.5, 0.6) is 0 Å². The van der Waals surface area contributed by atoms with E-state index in [1.54, 1.807) is 11.9 Å². The van der Waals surface area contributed by atoms with Crippen molar-refractivity contribution in [2.75, 3.05) is 31.6 Å². The molecule has 0 aromatic heterocycles. The van der Waals surface area contributed by atoms with E-state index in [1.807, 2.05) is 6.07 Å². The van der Waals surface area contributed by atoms with Gasteiger partial charge in [-0.15, -0.1) is 0 Å². The number of carbonyl (C=O) groups excluding carboxylic acids is 2. The van der Waals surface area contributed by atoms with E-state index in [2.05, 4.69) is 48.8 Å². The van der Waals surface area contributed by atoms with Crippen LogP contribution in [0.2, 0.25) is 0 Å². The molecule has 7 heteroatoms. The number of urea groups is 1. The SMILES string of the molecule is Cc1cccc(N2CCN3C2=NC2C3C(=O)N(CCC(C)C)C(=O)N2C)c1. The minimum Gasteiger partial charge on any atom is -0.325 e. The van der Waals surface area contributed by atoms with Crippen LogP contribution in [0.4, 0.5) is 10.5 Å². The molecule has 27 heavy (non-hydrogen) atoms. The summed E-state index contributed by atoms with van der Waals surface area (Å²) in [5, 5.41) is 0. The number of nitrogens with zero attached hydrogens (tertiary/aromatic N) is 5. The van der Waals surface area contributed by atoms with Gasteiger partial charge in [0, 0.05) is 32.4 Å². The van der Waals surface area contributed by atoms with Crippen molar-refractivity contribution in [1.29, 1.82) is 0 Å². The van der Waals surface area contributed by atoms with E-state index in [0.717, 1.165) is 31.2 Å². The number of benzene rings is 1. The number of anilines is 1. The number of aryl methyl sites for hydroxylation is 1. The van der Waals surface area contributed by atoms with E-state index in [4.69, 9.17) is 4.99 Å². The number of carbonyl (C=O) groups is 2. The highest BCUT2D eigenvalue weighted by molar-refractivity contribution is 6.08. The molecule has 3 amide bonds. The number of guanidine groups is 1. The van der Waals surface area contributed by atoms with Crippen molar-refractivity contribution in [2.45, 2.75) is 39.4 Å². The average molecular weight is 369 g/mol. The molecule has 0 saturated carbocycles. The Labute approximate surface area is 160 Å². The fourth-order valence-electron chi connectivity index (χ4n) is 4.07. The molecule has 3 aliphatic heterocycles. The van der Waals surface area contributed by atoms with Crippen LogP contribution in [0.1, 0.15) is 25.8 Å². The summed E-state index contributed by atoms with van der Waals surface area (Å²) >= 11 is 0. The van der Waals surface area contributed by atoms with Gasteiger partial charge in [-0.05, 0) is 37.0 Å². The van der Waals surface area contributed by atoms with Gasteiger partial charge in [0.1, 0.15) is 0 Å². The number of hydrogen-bond acceptors (Lipinski definition) is 5. The smallest absolute Gasteiger partial charge is 0.325 e. The molecule has 7 nitrogen and oxygen atoms in total. The maximum absolute atomic E-state index is 13.2. The first-order valence-corrected chi connectivity index (χ1v) is 9.65. The van der Waals surface area contributed by atoms with Gasteiger partial charge in [0.25, 0.3) is 5.91 Å². The molecule has 0 spiro atoms. The van der Waals surface area contributed by atoms with E-state index in [0.29, 0.717) is 12.5 Å². The van der Waals surface area contributed by atoms with Gasteiger partial charge in [0.05, 0.1) is 0 Å². The maximum atomic E-state index is 13.2. The summed E-state index contributed by atoms with van der Waals surface area (Å²) in [6.45, 7) is 8.26. The fraction of sp³-hybridized carbons (Fsp3) is 0.550. The van der Waals surface area contributed by atoms with Gasteiger partial charge in [-0.2, -0.15) is 0 Å². The number of aliphatic imine (C=N–C) groups is 1. The van der Waals surface area contributed by atoms with Crippen molar-refractivity contribution in [3.05, 3.63) is 29.8 Å². The van der Waals surface area contributed by atoms with Crippen molar-refractivity contribution in [3.63, 3.8) is 0 Å². The van der Waals surface area contributed by atoms with Crippen LogP contribution in [-0.4, -0.2) is 71.5 Å². The Morgan fingerprint density at radius 3 is 2.70 bits per heavy atom. The molecule has 0 radical (unpaired) electrons. The molecule has 3 heterocycles. The predicted molar refractivity (Wildman–Crippen MR) is 105 cm³/mol. The first-order valence-electron chi connectivity index (χ1n) is 9.65. The Hall–Kier alpha value is -2.57.